The summed E-state index contributed by atoms with van der Waals surface area (Å²) in [6.45, 7) is 3.32. The van der Waals surface area contributed by atoms with E-state index in [1.807, 2.05) is 12.1 Å². The first-order valence-corrected chi connectivity index (χ1v) is 11.5. The number of benzene rings is 2. The average molecular weight is 437 g/mol. The Balaban J connectivity index is 1.64. The zero-order valence-electron chi connectivity index (χ0n) is 16.4. The third-order valence-corrected chi connectivity index (χ3v) is 7.22. The molecule has 0 unspecified atom stereocenters. The van der Waals surface area contributed by atoms with Gasteiger partial charge >= 0.3 is 0 Å². The molecule has 1 amide bonds. The minimum absolute atomic E-state index is 0.194. The van der Waals surface area contributed by atoms with E-state index in [0.29, 0.717) is 35.0 Å². The van der Waals surface area contributed by atoms with Crippen molar-refractivity contribution in [1.82, 2.24) is 9.62 Å². The van der Waals surface area contributed by atoms with Gasteiger partial charge in [0.25, 0.3) is 5.91 Å². The molecule has 0 saturated carbocycles. The number of hydrogen-bond donors (Lipinski definition) is 1. The fourth-order valence-corrected chi connectivity index (χ4v) is 5.21. The van der Waals surface area contributed by atoms with Crippen molar-refractivity contribution in [2.24, 2.45) is 0 Å². The van der Waals surface area contributed by atoms with Gasteiger partial charge in [0, 0.05) is 18.7 Å². The molecular weight excluding hydrogens is 412 g/mol. The van der Waals surface area contributed by atoms with Crippen molar-refractivity contribution in [1.29, 1.82) is 0 Å². The van der Waals surface area contributed by atoms with E-state index < -0.39 is 10.0 Å². The second-order valence-corrected chi connectivity index (χ2v) is 9.29. The molecule has 1 aliphatic rings. The maximum Gasteiger partial charge on any atom is 0.251 e. The van der Waals surface area contributed by atoms with Crippen LogP contribution in [0.5, 0.6) is 5.75 Å². The van der Waals surface area contributed by atoms with Crippen molar-refractivity contribution >= 4 is 27.5 Å². The highest BCUT2D eigenvalue weighted by atomic mass is 35.5. The zero-order chi connectivity index (χ0) is 20.9. The molecule has 0 radical (unpaired) electrons. The van der Waals surface area contributed by atoms with Crippen LogP contribution >= 0.6 is 11.6 Å². The number of ether oxygens (including phenoxy) is 1. The second-order valence-electron chi connectivity index (χ2n) is 6.98. The normalized spacial score (nSPS) is 15.1. The lowest BCUT2D eigenvalue weighted by atomic mass is 10.1. The summed E-state index contributed by atoms with van der Waals surface area (Å²) in [6.07, 6.45) is 2.78. The van der Waals surface area contributed by atoms with Crippen LogP contribution in [0.4, 0.5) is 0 Å². The van der Waals surface area contributed by atoms with Gasteiger partial charge in [-0.1, -0.05) is 36.2 Å². The van der Waals surface area contributed by atoms with Crippen LogP contribution in [-0.2, 0) is 10.0 Å². The van der Waals surface area contributed by atoms with E-state index in [1.54, 1.807) is 31.2 Å². The first-order chi connectivity index (χ1) is 13.9. The zero-order valence-corrected chi connectivity index (χ0v) is 17.9. The summed E-state index contributed by atoms with van der Waals surface area (Å²) >= 11 is 6.03. The molecule has 0 aliphatic carbocycles. The van der Waals surface area contributed by atoms with Crippen LogP contribution in [-0.4, -0.2) is 44.9 Å². The third-order valence-electron chi connectivity index (χ3n) is 4.87. The Hall–Kier alpha value is -2.09. The number of halogens is 1. The number of para-hydroxylation sites is 1. The number of nitrogens with zero attached hydrogens (tertiary/aromatic N) is 1. The Morgan fingerprint density at radius 3 is 2.59 bits per heavy atom. The molecule has 2 aromatic rings. The predicted molar refractivity (Wildman–Crippen MR) is 113 cm³/mol. The number of rotatable bonds is 7. The van der Waals surface area contributed by atoms with E-state index in [9.17, 15) is 13.2 Å². The highest BCUT2D eigenvalue weighted by molar-refractivity contribution is 7.89. The second kappa shape index (κ2) is 9.61. The van der Waals surface area contributed by atoms with Gasteiger partial charge in [0.15, 0.2) is 0 Å². The highest BCUT2D eigenvalue weighted by Crippen LogP contribution is 2.25. The van der Waals surface area contributed by atoms with Crippen LogP contribution in [0.15, 0.2) is 47.4 Å². The number of sulfonamides is 1. The molecule has 0 atom stereocenters. The maximum absolute atomic E-state index is 13.0. The molecule has 0 bridgehead atoms. The van der Waals surface area contributed by atoms with E-state index in [2.05, 4.69) is 5.32 Å². The number of aryl methyl sites for hydroxylation is 1. The predicted octanol–water partition coefficient (Wildman–Crippen LogP) is 3.63. The van der Waals surface area contributed by atoms with Crippen molar-refractivity contribution in [3.05, 3.63) is 58.6 Å². The number of hydrogen-bond acceptors (Lipinski definition) is 4. The van der Waals surface area contributed by atoms with Gasteiger partial charge in [-0.25, -0.2) is 8.42 Å². The molecule has 0 aromatic heterocycles. The minimum atomic E-state index is -3.60. The molecule has 0 spiro atoms. The molecule has 156 valence electrons. The lowest BCUT2D eigenvalue weighted by Gasteiger charge is -2.26. The third kappa shape index (κ3) is 5.29. The lowest BCUT2D eigenvalue weighted by molar-refractivity contribution is 0.0947. The van der Waals surface area contributed by atoms with Crippen LogP contribution in [0.1, 0.15) is 35.2 Å². The molecule has 1 heterocycles. The standard InChI is InChI=1S/C21H25ClN2O4S/c1-16-9-10-17(15-20(16)29(26,27)24-12-5-2-6-13-24)21(25)23-11-14-28-19-8-4-3-7-18(19)22/h3-4,7-10,15H,2,5-6,11-14H2,1H3,(H,23,25). The van der Waals surface area contributed by atoms with Gasteiger partial charge in [-0.15, -0.1) is 0 Å². The van der Waals surface area contributed by atoms with Gasteiger partial charge in [-0.2, -0.15) is 4.31 Å². The van der Waals surface area contributed by atoms with Gasteiger partial charge in [0.2, 0.25) is 10.0 Å². The summed E-state index contributed by atoms with van der Waals surface area (Å²) in [5, 5.41) is 3.26. The average Bonchev–Trinajstić information content (AvgIpc) is 2.73. The van der Waals surface area contributed by atoms with E-state index in [4.69, 9.17) is 16.3 Å². The molecule has 2 aromatic carbocycles. The fraction of sp³-hybridized carbons (Fsp3) is 0.381. The van der Waals surface area contributed by atoms with E-state index in [1.165, 1.54) is 10.4 Å². The Kier molecular flexibility index (Phi) is 7.16. The fourth-order valence-electron chi connectivity index (χ4n) is 3.25. The number of carbonyl (C=O) groups is 1. The van der Waals surface area contributed by atoms with Crippen LogP contribution < -0.4 is 10.1 Å². The Morgan fingerprint density at radius 2 is 1.86 bits per heavy atom. The number of carbonyl (C=O) groups excluding carboxylic acids is 1. The van der Waals surface area contributed by atoms with Gasteiger partial charge in [0.1, 0.15) is 12.4 Å². The molecule has 1 N–H and O–H groups in total. The summed E-state index contributed by atoms with van der Waals surface area (Å²) in [4.78, 5) is 12.7. The lowest BCUT2D eigenvalue weighted by Crippen LogP contribution is -2.36. The summed E-state index contributed by atoms with van der Waals surface area (Å²) in [6, 6.07) is 11.9. The summed E-state index contributed by atoms with van der Waals surface area (Å²) in [7, 11) is -3.60. The number of amides is 1. The Morgan fingerprint density at radius 1 is 1.14 bits per heavy atom. The Bertz CT molecular complexity index is 972. The van der Waals surface area contributed by atoms with Crippen LogP contribution in [0.2, 0.25) is 5.02 Å². The first-order valence-electron chi connectivity index (χ1n) is 9.66. The van der Waals surface area contributed by atoms with E-state index in [-0.39, 0.29) is 24.0 Å². The van der Waals surface area contributed by atoms with E-state index >= 15 is 0 Å². The number of piperidine rings is 1. The SMILES string of the molecule is Cc1ccc(C(=O)NCCOc2ccccc2Cl)cc1S(=O)(=O)N1CCCCC1. The summed E-state index contributed by atoms with van der Waals surface area (Å²) in [5.41, 5.74) is 0.943. The highest BCUT2D eigenvalue weighted by Gasteiger charge is 2.28. The minimum Gasteiger partial charge on any atom is -0.490 e. The molecule has 8 heteroatoms. The quantitative estimate of drug-likeness (QED) is 0.672. The molecule has 3 rings (SSSR count). The topological polar surface area (TPSA) is 75.7 Å². The smallest absolute Gasteiger partial charge is 0.251 e. The van der Waals surface area contributed by atoms with Crippen molar-refractivity contribution in [3.63, 3.8) is 0 Å². The molecule has 1 aliphatic heterocycles. The van der Waals surface area contributed by atoms with Crippen LogP contribution in [0.3, 0.4) is 0 Å². The Labute approximate surface area is 176 Å². The van der Waals surface area contributed by atoms with E-state index in [0.717, 1.165) is 19.3 Å². The van der Waals surface area contributed by atoms with Gasteiger partial charge in [-0.05, 0) is 49.6 Å². The molecule has 29 heavy (non-hydrogen) atoms. The summed E-state index contributed by atoms with van der Waals surface area (Å²) in [5.74, 6) is 0.205. The monoisotopic (exact) mass is 436 g/mol. The maximum atomic E-state index is 13.0. The molecule has 1 fully saturated rings. The van der Waals surface area contributed by atoms with Crippen molar-refractivity contribution in [2.75, 3.05) is 26.2 Å². The molecular formula is C21H25ClN2O4S. The number of nitrogens with one attached hydrogen (secondary N) is 1. The summed E-state index contributed by atoms with van der Waals surface area (Å²) < 4.78 is 33.0. The van der Waals surface area contributed by atoms with Crippen molar-refractivity contribution in [2.45, 2.75) is 31.1 Å². The van der Waals surface area contributed by atoms with Crippen LogP contribution in [0.25, 0.3) is 0 Å². The van der Waals surface area contributed by atoms with Crippen molar-refractivity contribution < 1.29 is 17.9 Å². The van der Waals surface area contributed by atoms with Gasteiger partial charge in [-0.3, -0.25) is 4.79 Å². The van der Waals surface area contributed by atoms with Gasteiger partial charge < -0.3 is 10.1 Å². The molecule has 6 nitrogen and oxygen atoms in total. The van der Waals surface area contributed by atoms with Gasteiger partial charge in [0.05, 0.1) is 16.5 Å². The first kappa shape index (κ1) is 21.6. The largest absolute Gasteiger partial charge is 0.490 e. The van der Waals surface area contributed by atoms with Crippen LogP contribution in [0, 0.1) is 6.92 Å². The van der Waals surface area contributed by atoms with Crippen molar-refractivity contribution in [3.8, 4) is 5.75 Å². The molecule has 1 saturated heterocycles.